The number of hydrogen-bond donors (Lipinski definition) is 1. The fourth-order valence-electron chi connectivity index (χ4n) is 1.95. The highest BCUT2D eigenvalue weighted by Crippen LogP contribution is 2.20. The molecule has 1 N–H and O–H groups in total. The van der Waals surface area contributed by atoms with Gasteiger partial charge in [0.25, 0.3) is 0 Å². The van der Waals surface area contributed by atoms with Crippen molar-refractivity contribution in [3.8, 4) is 5.75 Å². The molecule has 88 valence electrons. The molecule has 1 atom stereocenters. The van der Waals surface area contributed by atoms with E-state index in [0.717, 1.165) is 18.9 Å². The molecule has 0 saturated carbocycles. The zero-order valence-corrected chi connectivity index (χ0v) is 10.6. The van der Waals surface area contributed by atoms with Gasteiger partial charge in [0.05, 0.1) is 6.61 Å². The minimum atomic E-state index is 0.675. The van der Waals surface area contributed by atoms with Gasteiger partial charge in [0.15, 0.2) is 0 Å². The molecule has 1 aliphatic heterocycles. The third-order valence-corrected chi connectivity index (χ3v) is 3.69. The molecule has 16 heavy (non-hydrogen) atoms. The molecule has 1 saturated heterocycles. The van der Waals surface area contributed by atoms with Crippen molar-refractivity contribution >= 4 is 11.8 Å². The van der Waals surface area contributed by atoms with E-state index >= 15 is 0 Å². The Morgan fingerprint density at radius 3 is 2.81 bits per heavy atom. The molecule has 1 aromatic rings. The summed E-state index contributed by atoms with van der Waals surface area (Å²) in [5.41, 5.74) is 0. The van der Waals surface area contributed by atoms with Gasteiger partial charge in [-0.1, -0.05) is 0 Å². The maximum absolute atomic E-state index is 5.80. The normalized spacial score (nSPS) is 20.7. The Labute approximate surface area is 102 Å². The maximum Gasteiger partial charge on any atom is 0.119 e. The minimum Gasteiger partial charge on any atom is -0.493 e. The van der Waals surface area contributed by atoms with Gasteiger partial charge in [-0.05, 0) is 49.9 Å². The molecule has 1 aromatic carbocycles. The van der Waals surface area contributed by atoms with Crippen LogP contribution in [0.2, 0.25) is 0 Å². The third kappa shape index (κ3) is 3.42. The number of thioether (sulfide) groups is 1. The lowest BCUT2D eigenvalue weighted by Crippen LogP contribution is -2.33. The Morgan fingerprint density at radius 2 is 2.19 bits per heavy atom. The first-order valence-electron chi connectivity index (χ1n) is 5.86. The molecule has 0 spiro atoms. The van der Waals surface area contributed by atoms with Gasteiger partial charge < -0.3 is 10.1 Å². The van der Waals surface area contributed by atoms with Gasteiger partial charge in [0.1, 0.15) is 5.75 Å². The largest absolute Gasteiger partial charge is 0.493 e. The van der Waals surface area contributed by atoms with Crippen LogP contribution in [0.5, 0.6) is 5.75 Å². The lowest BCUT2D eigenvalue weighted by Gasteiger charge is -2.22. The van der Waals surface area contributed by atoms with E-state index in [9.17, 15) is 0 Å². The molecule has 0 amide bonds. The zero-order valence-electron chi connectivity index (χ0n) is 9.74. The van der Waals surface area contributed by atoms with Gasteiger partial charge in [0, 0.05) is 17.4 Å². The van der Waals surface area contributed by atoms with Crippen molar-refractivity contribution < 1.29 is 4.74 Å². The second-order valence-corrected chi connectivity index (χ2v) is 5.08. The SMILES string of the molecule is CSc1ccc(OCC2CCCNC2)cc1. The van der Waals surface area contributed by atoms with E-state index in [-0.39, 0.29) is 0 Å². The molecule has 3 heteroatoms. The molecule has 1 fully saturated rings. The van der Waals surface area contributed by atoms with Crippen LogP contribution >= 0.6 is 11.8 Å². The Kier molecular flexibility index (Phi) is 4.55. The summed E-state index contributed by atoms with van der Waals surface area (Å²) in [6.45, 7) is 3.10. The van der Waals surface area contributed by atoms with E-state index in [2.05, 4.69) is 35.8 Å². The van der Waals surface area contributed by atoms with Crippen LogP contribution < -0.4 is 10.1 Å². The summed E-state index contributed by atoms with van der Waals surface area (Å²) in [7, 11) is 0. The second kappa shape index (κ2) is 6.16. The molecular weight excluding hydrogens is 218 g/mol. The average molecular weight is 237 g/mol. The van der Waals surface area contributed by atoms with Crippen molar-refractivity contribution in [3.63, 3.8) is 0 Å². The fraction of sp³-hybridized carbons (Fsp3) is 0.538. The smallest absolute Gasteiger partial charge is 0.119 e. The van der Waals surface area contributed by atoms with Crippen LogP contribution in [0.25, 0.3) is 0 Å². The fourth-order valence-corrected chi connectivity index (χ4v) is 2.36. The van der Waals surface area contributed by atoms with Crippen LogP contribution in [0.4, 0.5) is 0 Å². The lowest BCUT2D eigenvalue weighted by molar-refractivity contribution is 0.218. The van der Waals surface area contributed by atoms with E-state index in [1.807, 2.05) is 0 Å². The molecular formula is C13H19NOS. The first-order valence-corrected chi connectivity index (χ1v) is 7.08. The monoisotopic (exact) mass is 237 g/mol. The van der Waals surface area contributed by atoms with Gasteiger partial charge in [0.2, 0.25) is 0 Å². The van der Waals surface area contributed by atoms with Crippen molar-refractivity contribution in [1.82, 2.24) is 5.32 Å². The van der Waals surface area contributed by atoms with Gasteiger partial charge in [-0.25, -0.2) is 0 Å². The summed E-state index contributed by atoms with van der Waals surface area (Å²) in [6, 6.07) is 8.34. The van der Waals surface area contributed by atoms with E-state index in [0.29, 0.717) is 5.92 Å². The number of benzene rings is 1. The topological polar surface area (TPSA) is 21.3 Å². The second-order valence-electron chi connectivity index (χ2n) is 4.20. The summed E-state index contributed by atoms with van der Waals surface area (Å²) in [5, 5.41) is 3.41. The van der Waals surface area contributed by atoms with Crippen LogP contribution in [-0.2, 0) is 0 Å². The summed E-state index contributed by atoms with van der Waals surface area (Å²) in [5.74, 6) is 1.66. The van der Waals surface area contributed by atoms with Crippen molar-refractivity contribution in [2.45, 2.75) is 17.7 Å². The first kappa shape index (κ1) is 11.8. The lowest BCUT2D eigenvalue weighted by atomic mass is 10.0. The number of ether oxygens (including phenoxy) is 1. The highest BCUT2D eigenvalue weighted by Gasteiger charge is 2.13. The van der Waals surface area contributed by atoms with Gasteiger partial charge in [-0.2, -0.15) is 0 Å². The number of nitrogens with one attached hydrogen (secondary N) is 1. The average Bonchev–Trinajstić information content (AvgIpc) is 2.38. The van der Waals surface area contributed by atoms with Crippen LogP contribution in [0.15, 0.2) is 29.2 Å². The first-order chi connectivity index (χ1) is 7.88. The molecule has 0 radical (unpaired) electrons. The molecule has 1 unspecified atom stereocenters. The number of rotatable bonds is 4. The maximum atomic E-state index is 5.80. The summed E-state index contributed by atoms with van der Waals surface area (Å²) in [4.78, 5) is 1.28. The van der Waals surface area contributed by atoms with E-state index in [4.69, 9.17) is 4.74 Å². The Bertz CT molecular complexity index is 306. The van der Waals surface area contributed by atoms with Crippen LogP contribution in [-0.4, -0.2) is 26.0 Å². The van der Waals surface area contributed by atoms with Gasteiger partial charge in [-0.3, -0.25) is 0 Å². The van der Waals surface area contributed by atoms with Crippen molar-refractivity contribution in [2.75, 3.05) is 26.0 Å². The van der Waals surface area contributed by atoms with Crippen molar-refractivity contribution in [3.05, 3.63) is 24.3 Å². The Morgan fingerprint density at radius 1 is 1.38 bits per heavy atom. The predicted octanol–water partition coefficient (Wildman–Crippen LogP) is 2.79. The third-order valence-electron chi connectivity index (χ3n) is 2.94. The standard InChI is InChI=1S/C13H19NOS/c1-16-13-6-4-12(5-7-13)15-10-11-3-2-8-14-9-11/h4-7,11,14H,2-3,8-10H2,1H3. The molecule has 2 rings (SSSR count). The van der Waals surface area contributed by atoms with Crippen molar-refractivity contribution in [1.29, 1.82) is 0 Å². The number of hydrogen-bond acceptors (Lipinski definition) is 3. The van der Waals surface area contributed by atoms with E-state index < -0.39 is 0 Å². The zero-order chi connectivity index (χ0) is 11.2. The molecule has 1 heterocycles. The Balaban J connectivity index is 1.79. The van der Waals surface area contributed by atoms with Gasteiger partial charge in [-0.15, -0.1) is 11.8 Å². The van der Waals surface area contributed by atoms with Crippen molar-refractivity contribution in [2.24, 2.45) is 5.92 Å². The highest BCUT2D eigenvalue weighted by molar-refractivity contribution is 7.98. The molecule has 1 aliphatic rings. The number of piperidine rings is 1. The predicted molar refractivity (Wildman–Crippen MR) is 69.3 cm³/mol. The van der Waals surface area contributed by atoms with Crippen LogP contribution in [0, 0.1) is 5.92 Å². The highest BCUT2D eigenvalue weighted by atomic mass is 32.2. The summed E-state index contributed by atoms with van der Waals surface area (Å²) in [6.07, 6.45) is 4.65. The molecule has 0 bridgehead atoms. The molecule has 0 aliphatic carbocycles. The summed E-state index contributed by atoms with van der Waals surface area (Å²) < 4.78 is 5.80. The molecule has 0 aromatic heterocycles. The van der Waals surface area contributed by atoms with Gasteiger partial charge >= 0.3 is 0 Å². The Hall–Kier alpha value is -0.670. The minimum absolute atomic E-state index is 0.675. The molecule has 2 nitrogen and oxygen atoms in total. The summed E-state index contributed by atoms with van der Waals surface area (Å²) >= 11 is 1.76. The quantitative estimate of drug-likeness (QED) is 0.814. The van der Waals surface area contributed by atoms with E-state index in [1.165, 1.54) is 24.3 Å². The van der Waals surface area contributed by atoms with E-state index in [1.54, 1.807) is 11.8 Å². The van der Waals surface area contributed by atoms with Crippen LogP contribution in [0.3, 0.4) is 0 Å². The van der Waals surface area contributed by atoms with Crippen LogP contribution in [0.1, 0.15) is 12.8 Å².